The van der Waals surface area contributed by atoms with Crippen LogP contribution in [0.4, 0.5) is 5.69 Å². The summed E-state index contributed by atoms with van der Waals surface area (Å²) in [7, 11) is 0. The lowest BCUT2D eigenvalue weighted by atomic mass is 10.1. The lowest BCUT2D eigenvalue weighted by Crippen LogP contribution is -2.14. The Morgan fingerprint density at radius 3 is 2.48 bits per heavy atom. The van der Waals surface area contributed by atoms with E-state index in [0.29, 0.717) is 27.2 Å². The van der Waals surface area contributed by atoms with Gasteiger partial charge in [-0.15, -0.1) is 5.10 Å². The van der Waals surface area contributed by atoms with Gasteiger partial charge in [0.15, 0.2) is 5.82 Å². The van der Waals surface area contributed by atoms with Gasteiger partial charge in [-0.05, 0) is 60.9 Å². The highest BCUT2D eigenvalue weighted by molar-refractivity contribution is 6.31. The summed E-state index contributed by atoms with van der Waals surface area (Å²) < 4.78 is 1.60. The Labute approximate surface area is 190 Å². The molecule has 0 aliphatic carbocycles. The van der Waals surface area contributed by atoms with Crippen molar-refractivity contribution in [3.8, 4) is 17.1 Å². The number of aromatic nitrogens is 3. The van der Waals surface area contributed by atoms with Gasteiger partial charge in [0.05, 0.1) is 5.69 Å². The Morgan fingerprint density at radius 1 is 1.03 bits per heavy atom. The van der Waals surface area contributed by atoms with Gasteiger partial charge in [0.2, 0.25) is 5.82 Å². The molecule has 0 aliphatic heterocycles. The van der Waals surface area contributed by atoms with Gasteiger partial charge in [-0.1, -0.05) is 60.5 Å². The molecule has 1 heterocycles. The summed E-state index contributed by atoms with van der Waals surface area (Å²) in [5, 5.41) is 8.50. The van der Waals surface area contributed by atoms with E-state index in [1.165, 1.54) is 5.56 Å². The number of halogens is 2. The number of aryl methyl sites for hydroxylation is 2. The van der Waals surface area contributed by atoms with Crippen molar-refractivity contribution in [1.29, 1.82) is 0 Å². The van der Waals surface area contributed by atoms with Gasteiger partial charge in [-0.3, -0.25) is 4.79 Å². The summed E-state index contributed by atoms with van der Waals surface area (Å²) in [6.07, 6.45) is 0.933. The molecular weight excluding hydrogens is 431 g/mol. The molecule has 0 aliphatic rings. The highest BCUT2D eigenvalue weighted by atomic mass is 35.5. The van der Waals surface area contributed by atoms with E-state index >= 15 is 0 Å². The van der Waals surface area contributed by atoms with Gasteiger partial charge >= 0.3 is 0 Å². The van der Waals surface area contributed by atoms with Crippen LogP contribution in [0.3, 0.4) is 0 Å². The molecule has 1 N–H and O–H groups in total. The van der Waals surface area contributed by atoms with Crippen molar-refractivity contribution in [1.82, 2.24) is 14.8 Å². The number of carbonyl (C=O) groups is 1. The number of nitrogens with zero attached hydrogens (tertiary/aromatic N) is 3. The fraction of sp³-hybridized carbons (Fsp3) is 0.125. The first-order chi connectivity index (χ1) is 14.9. The number of hydrogen-bond acceptors (Lipinski definition) is 3. The first-order valence-corrected chi connectivity index (χ1v) is 10.6. The Balaban J connectivity index is 1.74. The van der Waals surface area contributed by atoms with Gasteiger partial charge in [-0.25, -0.2) is 9.67 Å². The van der Waals surface area contributed by atoms with E-state index in [1.807, 2.05) is 55.5 Å². The van der Waals surface area contributed by atoms with Crippen LogP contribution in [-0.4, -0.2) is 20.7 Å². The van der Waals surface area contributed by atoms with Gasteiger partial charge in [0.25, 0.3) is 5.91 Å². The van der Waals surface area contributed by atoms with Crippen LogP contribution >= 0.6 is 23.2 Å². The van der Waals surface area contributed by atoms with E-state index in [9.17, 15) is 4.79 Å². The first kappa shape index (κ1) is 21.1. The van der Waals surface area contributed by atoms with Crippen molar-refractivity contribution in [3.63, 3.8) is 0 Å². The molecule has 31 heavy (non-hydrogen) atoms. The number of amides is 1. The summed E-state index contributed by atoms with van der Waals surface area (Å²) in [5.41, 5.74) is 4.26. The van der Waals surface area contributed by atoms with Crippen LogP contribution in [0.2, 0.25) is 10.0 Å². The third-order valence-electron chi connectivity index (χ3n) is 4.91. The van der Waals surface area contributed by atoms with Crippen LogP contribution < -0.4 is 5.32 Å². The second-order valence-electron chi connectivity index (χ2n) is 7.12. The molecule has 0 bridgehead atoms. The van der Waals surface area contributed by atoms with Crippen molar-refractivity contribution < 1.29 is 4.79 Å². The predicted molar refractivity (Wildman–Crippen MR) is 125 cm³/mol. The van der Waals surface area contributed by atoms with Crippen LogP contribution in [0.25, 0.3) is 17.1 Å². The first-order valence-electron chi connectivity index (χ1n) is 9.84. The Kier molecular flexibility index (Phi) is 6.07. The van der Waals surface area contributed by atoms with Crippen molar-refractivity contribution in [3.05, 3.63) is 93.7 Å². The van der Waals surface area contributed by atoms with Gasteiger partial charge in [0.1, 0.15) is 0 Å². The van der Waals surface area contributed by atoms with E-state index in [4.69, 9.17) is 23.2 Å². The minimum Gasteiger partial charge on any atom is -0.319 e. The summed E-state index contributed by atoms with van der Waals surface area (Å²) in [4.78, 5) is 17.4. The molecule has 1 aromatic heterocycles. The van der Waals surface area contributed by atoms with Gasteiger partial charge < -0.3 is 5.32 Å². The smallest absolute Gasteiger partial charge is 0.295 e. The third-order valence-corrected chi connectivity index (χ3v) is 5.56. The van der Waals surface area contributed by atoms with E-state index < -0.39 is 5.91 Å². The number of nitrogens with one attached hydrogen (secondary N) is 1. The molecule has 156 valence electrons. The molecule has 0 spiro atoms. The molecule has 0 radical (unpaired) electrons. The summed E-state index contributed by atoms with van der Waals surface area (Å²) in [6, 6.07) is 20.5. The molecule has 1 amide bonds. The normalized spacial score (nSPS) is 10.8. The number of hydrogen-bond donors (Lipinski definition) is 1. The lowest BCUT2D eigenvalue weighted by Gasteiger charge is -2.08. The maximum absolute atomic E-state index is 12.9. The minimum atomic E-state index is -0.399. The number of benzene rings is 3. The monoisotopic (exact) mass is 450 g/mol. The zero-order valence-electron chi connectivity index (χ0n) is 17.1. The van der Waals surface area contributed by atoms with E-state index in [-0.39, 0.29) is 5.82 Å². The van der Waals surface area contributed by atoms with Crippen LogP contribution in [0.1, 0.15) is 28.7 Å². The Hall–Kier alpha value is -3.15. The number of rotatable bonds is 5. The van der Waals surface area contributed by atoms with E-state index in [1.54, 1.807) is 22.9 Å². The summed E-state index contributed by atoms with van der Waals surface area (Å²) >= 11 is 12.5. The van der Waals surface area contributed by atoms with Crippen molar-refractivity contribution in [2.24, 2.45) is 0 Å². The zero-order chi connectivity index (χ0) is 22.0. The molecule has 4 aromatic rings. The standard InChI is InChI=1S/C24H20Cl2N4O/c1-3-16-8-10-19(11-9-16)27-24(31)22-28-23(17-5-4-6-18(25)13-17)30(29-22)20-12-7-15(2)21(26)14-20/h4-14H,3H2,1-2H3,(H,27,31). The molecule has 0 saturated carbocycles. The van der Waals surface area contributed by atoms with Crippen LogP contribution in [0, 0.1) is 6.92 Å². The van der Waals surface area contributed by atoms with Crippen molar-refractivity contribution in [2.45, 2.75) is 20.3 Å². The van der Waals surface area contributed by atoms with Crippen LogP contribution in [-0.2, 0) is 6.42 Å². The highest BCUT2D eigenvalue weighted by Gasteiger charge is 2.19. The molecule has 7 heteroatoms. The molecular formula is C24H20Cl2N4O. The zero-order valence-corrected chi connectivity index (χ0v) is 18.6. The SMILES string of the molecule is CCc1ccc(NC(=O)c2nc(-c3cccc(Cl)c3)n(-c3ccc(C)c(Cl)c3)n2)cc1. The molecule has 4 rings (SSSR count). The largest absolute Gasteiger partial charge is 0.319 e. The molecule has 0 atom stereocenters. The van der Waals surface area contributed by atoms with Crippen LogP contribution in [0.5, 0.6) is 0 Å². The average molecular weight is 451 g/mol. The average Bonchev–Trinajstić information content (AvgIpc) is 3.22. The van der Waals surface area contributed by atoms with Crippen molar-refractivity contribution in [2.75, 3.05) is 5.32 Å². The van der Waals surface area contributed by atoms with Crippen LogP contribution in [0.15, 0.2) is 66.7 Å². The fourth-order valence-electron chi connectivity index (χ4n) is 3.13. The Morgan fingerprint density at radius 2 is 1.81 bits per heavy atom. The maximum Gasteiger partial charge on any atom is 0.295 e. The van der Waals surface area contributed by atoms with Gasteiger partial charge in [0, 0.05) is 21.3 Å². The molecule has 0 saturated heterocycles. The van der Waals surface area contributed by atoms with E-state index in [0.717, 1.165) is 17.5 Å². The fourth-order valence-corrected chi connectivity index (χ4v) is 3.49. The Bertz CT molecular complexity index is 1250. The number of carbonyl (C=O) groups excluding carboxylic acids is 1. The predicted octanol–water partition coefficient (Wildman–Crippen LogP) is 6.36. The maximum atomic E-state index is 12.9. The second kappa shape index (κ2) is 8.92. The second-order valence-corrected chi connectivity index (χ2v) is 7.96. The molecule has 3 aromatic carbocycles. The summed E-state index contributed by atoms with van der Waals surface area (Å²) in [6.45, 7) is 4.01. The molecule has 0 unspecified atom stereocenters. The highest BCUT2D eigenvalue weighted by Crippen LogP contribution is 2.26. The summed E-state index contributed by atoms with van der Waals surface area (Å²) in [5.74, 6) is 0.143. The number of anilines is 1. The van der Waals surface area contributed by atoms with Gasteiger partial charge in [-0.2, -0.15) is 0 Å². The third kappa shape index (κ3) is 4.63. The van der Waals surface area contributed by atoms with Crippen molar-refractivity contribution >= 4 is 34.8 Å². The quantitative estimate of drug-likeness (QED) is 0.384. The molecule has 5 nitrogen and oxygen atoms in total. The lowest BCUT2D eigenvalue weighted by molar-refractivity contribution is 0.101. The topological polar surface area (TPSA) is 59.8 Å². The van der Waals surface area contributed by atoms with E-state index in [2.05, 4.69) is 22.3 Å². The minimum absolute atomic E-state index is 0.0474. The molecule has 0 fully saturated rings.